The molecule has 0 saturated carbocycles. The van der Waals surface area contributed by atoms with Crippen LogP contribution in [0.25, 0.3) is 0 Å². The average molecular weight is 500 g/mol. The number of ether oxygens (including phenoxy) is 1. The monoisotopic (exact) mass is 500 g/mol. The molecule has 0 amide bonds. The molecule has 2 heterocycles. The first-order valence-corrected chi connectivity index (χ1v) is 12.1. The van der Waals surface area contributed by atoms with Crippen LogP contribution in [0.5, 0.6) is 0 Å². The highest BCUT2D eigenvalue weighted by Gasteiger charge is 2.51. The number of phosphoric ester groups is 1. The predicted molar refractivity (Wildman–Crippen MR) is 90.5 cm³/mol. The van der Waals surface area contributed by atoms with Crippen molar-refractivity contribution in [3.8, 4) is 0 Å². The minimum atomic E-state index is -5.78. The van der Waals surface area contributed by atoms with Gasteiger partial charge in [0.2, 0.25) is 5.85 Å². The maximum atomic E-state index is 14.4. The smallest absolute Gasteiger partial charge is 0.360 e. The van der Waals surface area contributed by atoms with Crippen LogP contribution in [0, 0.1) is 6.92 Å². The van der Waals surface area contributed by atoms with Gasteiger partial charge in [-0.2, -0.15) is 8.62 Å². The van der Waals surface area contributed by atoms with E-state index < -0.39 is 65.9 Å². The highest BCUT2D eigenvalue weighted by molar-refractivity contribution is 7.66. The van der Waals surface area contributed by atoms with Crippen LogP contribution < -0.4 is 11.2 Å². The number of rotatable bonds is 8. The van der Waals surface area contributed by atoms with E-state index in [-0.39, 0.29) is 5.56 Å². The van der Waals surface area contributed by atoms with Crippen molar-refractivity contribution in [3.05, 3.63) is 32.6 Å². The Morgan fingerprint density at radius 1 is 1.23 bits per heavy atom. The summed E-state index contributed by atoms with van der Waals surface area (Å²) in [6.45, 7) is 0.0580. The highest BCUT2D eigenvalue weighted by atomic mass is 31.3. The number of hydrogen-bond donors (Lipinski definition) is 6. The van der Waals surface area contributed by atoms with Crippen molar-refractivity contribution in [1.82, 2.24) is 9.55 Å². The van der Waals surface area contributed by atoms with Crippen molar-refractivity contribution >= 4 is 23.5 Å². The molecule has 1 fully saturated rings. The Hall–Kier alpha value is -1.06. The third-order valence-corrected chi connectivity index (χ3v) is 7.34. The van der Waals surface area contributed by atoms with E-state index in [1.54, 1.807) is 0 Å². The summed E-state index contributed by atoms with van der Waals surface area (Å²) in [7, 11) is -17.0. The number of nitrogens with zero attached hydrogens (tertiary/aromatic N) is 1. The topological polar surface area (TPSA) is 244 Å². The van der Waals surface area contributed by atoms with Crippen LogP contribution in [0.1, 0.15) is 18.2 Å². The third kappa shape index (κ3) is 6.72. The fourth-order valence-corrected chi connectivity index (χ4v) is 5.33. The minimum absolute atomic E-state index is 0.0531. The zero-order chi connectivity index (χ0) is 23.1. The highest BCUT2D eigenvalue weighted by Crippen LogP contribution is 2.66. The summed E-state index contributed by atoms with van der Waals surface area (Å²) in [6, 6.07) is 0. The van der Waals surface area contributed by atoms with Crippen molar-refractivity contribution in [2.45, 2.75) is 31.5 Å². The fourth-order valence-electron chi connectivity index (χ4n) is 2.31. The molecule has 2 unspecified atom stereocenters. The van der Waals surface area contributed by atoms with E-state index in [9.17, 15) is 37.7 Å². The number of alkyl halides is 1. The molecule has 0 radical (unpaired) electrons. The molecule has 0 aromatic carbocycles. The van der Waals surface area contributed by atoms with Crippen molar-refractivity contribution < 1.29 is 60.6 Å². The van der Waals surface area contributed by atoms with E-state index in [0.29, 0.717) is 0 Å². The minimum Gasteiger partial charge on any atom is -0.360 e. The number of halogens is 1. The SMILES string of the molecule is Cc1cn([C@H]2C[C@@](O)(F)[C@@H](COP(=O)(O)OP(=O)(O)OP(=O)(O)O)O2)c(=O)[nH]c1=O. The van der Waals surface area contributed by atoms with Gasteiger partial charge in [-0.3, -0.25) is 18.9 Å². The van der Waals surface area contributed by atoms with Crippen LogP contribution in [0.15, 0.2) is 15.8 Å². The summed E-state index contributed by atoms with van der Waals surface area (Å²) in [5.41, 5.74) is -1.66. The van der Waals surface area contributed by atoms with Gasteiger partial charge in [0.15, 0.2) is 0 Å². The lowest BCUT2D eigenvalue weighted by Gasteiger charge is -2.21. The number of aromatic nitrogens is 2. The van der Waals surface area contributed by atoms with Crippen LogP contribution >= 0.6 is 23.5 Å². The Bertz CT molecular complexity index is 1060. The zero-order valence-electron chi connectivity index (χ0n) is 14.7. The summed E-state index contributed by atoms with van der Waals surface area (Å²) in [6.07, 6.45) is -3.35. The lowest BCUT2D eigenvalue weighted by atomic mass is 10.1. The first-order valence-electron chi connectivity index (χ1n) is 7.58. The zero-order valence-corrected chi connectivity index (χ0v) is 17.4. The van der Waals surface area contributed by atoms with E-state index in [4.69, 9.17) is 19.4 Å². The van der Waals surface area contributed by atoms with Gasteiger partial charge in [-0.05, 0) is 6.92 Å². The molecule has 0 spiro atoms. The van der Waals surface area contributed by atoms with Crippen LogP contribution in [-0.2, 0) is 31.6 Å². The summed E-state index contributed by atoms with van der Waals surface area (Å²) < 4.78 is 64.8. The van der Waals surface area contributed by atoms with Crippen molar-refractivity contribution in [2.24, 2.45) is 0 Å². The molecule has 20 heteroatoms. The quantitative estimate of drug-likeness (QED) is 0.238. The van der Waals surface area contributed by atoms with Crippen LogP contribution in [-0.4, -0.2) is 52.8 Å². The summed E-state index contributed by atoms with van der Waals surface area (Å²) in [5.74, 6) is -3.22. The normalized spacial score (nSPS) is 28.8. The van der Waals surface area contributed by atoms with Gasteiger partial charge in [0.25, 0.3) is 5.56 Å². The number of hydrogen-bond acceptors (Lipinski definition) is 10. The molecule has 1 aliphatic heterocycles. The van der Waals surface area contributed by atoms with Crippen molar-refractivity contribution in [2.75, 3.05) is 6.61 Å². The Morgan fingerprint density at radius 2 is 1.83 bits per heavy atom. The number of nitrogens with one attached hydrogen (secondary N) is 1. The molecular formula is C10H16FN2O14P3. The van der Waals surface area contributed by atoms with Gasteiger partial charge in [0.1, 0.15) is 12.3 Å². The Morgan fingerprint density at radius 3 is 2.40 bits per heavy atom. The second-order valence-corrected chi connectivity index (χ2v) is 10.4. The van der Waals surface area contributed by atoms with Crippen LogP contribution in [0.3, 0.4) is 0 Å². The summed E-state index contributed by atoms with van der Waals surface area (Å²) in [5, 5.41) is 9.78. The molecule has 2 rings (SSSR count). The molecule has 1 saturated heterocycles. The summed E-state index contributed by atoms with van der Waals surface area (Å²) >= 11 is 0. The number of aromatic amines is 1. The Labute approximate surface area is 165 Å². The lowest BCUT2D eigenvalue weighted by Crippen LogP contribution is -2.36. The number of aliphatic hydroxyl groups is 1. The number of phosphoric acid groups is 3. The third-order valence-electron chi connectivity index (χ3n) is 3.54. The molecule has 16 nitrogen and oxygen atoms in total. The van der Waals surface area contributed by atoms with Crippen LogP contribution in [0.2, 0.25) is 0 Å². The molecule has 1 aromatic rings. The standard InChI is InChI=1S/C10H16FN2O14P3/c1-5-3-13(9(15)12-8(5)14)7-2-10(11,16)6(25-7)4-24-29(20,21)27-30(22,23)26-28(17,18)19/h3,6-7,16H,2,4H2,1H3,(H,20,21)(H,22,23)(H,12,14,15)(H2,17,18,19)/t6-,7-,10+/m1/s1. The number of H-pyrrole nitrogens is 1. The van der Waals surface area contributed by atoms with Gasteiger partial charge >= 0.3 is 29.2 Å². The molecule has 1 aliphatic rings. The van der Waals surface area contributed by atoms with Gasteiger partial charge in [-0.15, -0.1) is 0 Å². The van der Waals surface area contributed by atoms with E-state index in [1.807, 2.05) is 4.98 Å². The first-order chi connectivity index (χ1) is 13.4. The van der Waals surface area contributed by atoms with Crippen molar-refractivity contribution in [1.29, 1.82) is 0 Å². The largest absolute Gasteiger partial charge is 0.490 e. The van der Waals surface area contributed by atoms with Gasteiger partial charge < -0.3 is 29.4 Å². The molecule has 0 aliphatic carbocycles. The molecule has 0 bridgehead atoms. The van der Waals surface area contributed by atoms with Gasteiger partial charge in [0, 0.05) is 11.8 Å². The van der Waals surface area contributed by atoms with Gasteiger partial charge in [-0.1, -0.05) is 0 Å². The molecule has 6 N–H and O–H groups in total. The molecule has 172 valence electrons. The van der Waals surface area contributed by atoms with Gasteiger partial charge in [-0.25, -0.2) is 22.9 Å². The predicted octanol–water partition coefficient (Wildman–Crippen LogP) is -0.866. The average Bonchev–Trinajstić information content (AvgIpc) is 2.80. The Balaban J connectivity index is 2.10. The van der Waals surface area contributed by atoms with E-state index in [0.717, 1.165) is 10.8 Å². The second-order valence-electron chi connectivity index (χ2n) is 5.97. The Kier molecular flexibility index (Phi) is 7.11. The van der Waals surface area contributed by atoms with E-state index in [1.165, 1.54) is 6.92 Å². The molecule has 5 atom stereocenters. The fraction of sp³-hybridized carbons (Fsp3) is 0.600. The maximum absolute atomic E-state index is 14.4. The first kappa shape index (κ1) is 25.2. The van der Waals surface area contributed by atoms with E-state index >= 15 is 0 Å². The number of aryl methyl sites for hydroxylation is 1. The summed E-state index contributed by atoms with van der Waals surface area (Å²) in [4.78, 5) is 60.4. The molecule has 1 aromatic heterocycles. The van der Waals surface area contributed by atoms with Gasteiger partial charge in [0.05, 0.1) is 13.0 Å². The lowest BCUT2D eigenvalue weighted by molar-refractivity contribution is -0.148. The molecular weight excluding hydrogens is 484 g/mol. The van der Waals surface area contributed by atoms with Crippen LogP contribution in [0.4, 0.5) is 4.39 Å². The van der Waals surface area contributed by atoms with E-state index in [2.05, 4.69) is 13.1 Å². The second kappa shape index (κ2) is 8.47. The maximum Gasteiger partial charge on any atom is 0.490 e. The molecule has 30 heavy (non-hydrogen) atoms. The van der Waals surface area contributed by atoms with Crippen molar-refractivity contribution in [3.63, 3.8) is 0 Å².